The molecule has 0 bridgehead atoms. The van der Waals surface area contributed by atoms with E-state index in [1.807, 2.05) is 36.5 Å². The summed E-state index contributed by atoms with van der Waals surface area (Å²) in [4.78, 5) is 25.8. The van der Waals surface area contributed by atoms with Gasteiger partial charge in [0.1, 0.15) is 6.61 Å². The second kappa shape index (κ2) is 7.45. The normalized spacial score (nSPS) is 13.8. The lowest BCUT2D eigenvalue weighted by Crippen LogP contribution is -2.23. The predicted octanol–water partition coefficient (Wildman–Crippen LogP) is 3.36. The predicted molar refractivity (Wildman–Crippen MR) is 101 cm³/mol. The van der Waals surface area contributed by atoms with Gasteiger partial charge < -0.3 is 9.64 Å². The highest BCUT2D eigenvalue weighted by molar-refractivity contribution is 5.96. The molecule has 1 aliphatic rings. The average Bonchev–Trinajstić information content (AvgIpc) is 3.36. The third-order valence-corrected chi connectivity index (χ3v) is 4.51. The molecule has 4 rings (SSSR count). The van der Waals surface area contributed by atoms with Crippen LogP contribution in [0.25, 0.3) is 5.69 Å². The molecule has 0 N–H and O–H groups in total. The highest BCUT2D eigenvalue weighted by Crippen LogP contribution is 2.22. The molecule has 0 saturated carbocycles. The SMILES string of the molecule is O=C(OCc1cnn(-c2ccccc2)c1)c1ccc(N2CCCC2=O)cc1. The van der Waals surface area contributed by atoms with Crippen molar-refractivity contribution in [2.24, 2.45) is 0 Å². The van der Waals surface area contributed by atoms with Gasteiger partial charge in [-0.15, -0.1) is 0 Å². The summed E-state index contributed by atoms with van der Waals surface area (Å²) in [5.74, 6) is -0.275. The van der Waals surface area contributed by atoms with Gasteiger partial charge in [-0.05, 0) is 42.8 Å². The maximum absolute atomic E-state index is 12.3. The number of carbonyl (C=O) groups is 2. The molecule has 6 nitrogen and oxygen atoms in total. The van der Waals surface area contributed by atoms with Gasteiger partial charge in [-0.3, -0.25) is 4.79 Å². The average molecular weight is 361 g/mol. The Labute approximate surface area is 157 Å². The second-order valence-corrected chi connectivity index (χ2v) is 6.40. The molecule has 3 aromatic rings. The Morgan fingerprint density at radius 3 is 2.52 bits per heavy atom. The highest BCUT2D eigenvalue weighted by Gasteiger charge is 2.21. The zero-order valence-electron chi connectivity index (χ0n) is 14.7. The molecule has 1 amide bonds. The Morgan fingerprint density at radius 2 is 1.81 bits per heavy atom. The van der Waals surface area contributed by atoms with Crippen molar-refractivity contribution >= 4 is 17.6 Å². The first-order valence-corrected chi connectivity index (χ1v) is 8.87. The van der Waals surface area contributed by atoms with Crippen LogP contribution in [0.2, 0.25) is 0 Å². The first kappa shape index (κ1) is 17.0. The minimum Gasteiger partial charge on any atom is -0.457 e. The fourth-order valence-corrected chi connectivity index (χ4v) is 3.09. The zero-order chi connectivity index (χ0) is 18.6. The van der Waals surface area contributed by atoms with Gasteiger partial charge in [0.05, 0.1) is 17.4 Å². The van der Waals surface area contributed by atoms with Crippen molar-refractivity contribution in [3.05, 3.63) is 78.1 Å². The summed E-state index contributed by atoms with van der Waals surface area (Å²) >= 11 is 0. The van der Waals surface area contributed by atoms with E-state index in [-0.39, 0.29) is 12.5 Å². The molecule has 2 heterocycles. The van der Waals surface area contributed by atoms with E-state index in [0.29, 0.717) is 12.0 Å². The van der Waals surface area contributed by atoms with Crippen molar-refractivity contribution in [1.29, 1.82) is 0 Å². The molecule has 6 heteroatoms. The molecular formula is C21H19N3O3. The first-order chi connectivity index (χ1) is 13.2. The summed E-state index contributed by atoms with van der Waals surface area (Å²) in [7, 11) is 0. The Bertz CT molecular complexity index is 948. The quantitative estimate of drug-likeness (QED) is 0.654. The molecule has 0 radical (unpaired) electrons. The third kappa shape index (κ3) is 3.74. The number of ether oxygens (including phenoxy) is 1. The van der Waals surface area contributed by atoms with Gasteiger partial charge in [-0.2, -0.15) is 5.10 Å². The Balaban J connectivity index is 1.37. The number of aromatic nitrogens is 2. The molecule has 2 aromatic carbocycles. The van der Waals surface area contributed by atoms with Crippen LogP contribution in [-0.4, -0.2) is 28.2 Å². The summed E-state index contributed by atoms with van der Waals surface area (Å²) in [5, 5.41) is 4.29. The minimum atomic E-state index is -0.401. The van der Waals surface area contributed by atoms with Crippen LogP contribution in [-0.2, 0) is 16.1 Å². The lowest BCUT2D eigenvalue weighted by atomic mass is 10.2. The van der Waals surface area contributed by atoms with Gasteiger partial charge in [-0.25, -0.2) is 9.48 Å². The number of benzene rings is 2. The van der Waals surface area contributed by atoms with Crippen LogP contribution in [0.15, 0.2) is 67.0 Å². The second-order valence-electron chi connectivity index (χ2n) is 6.40. The maximum Gasteiger partial charge on any atom is 0.338 e. The smallest absolute Gasteiger partial charge is 0.338 e. The van der Waals surface area contributed by atoms with E-state index < -0.39 is 5.97 Å². The van der Waals surface area contributed by atoms with E-state index in [4.69, 9.17) is 4.74 Å². The summed E-state index contributed by atoms with van der Waals surface area (Å²) in [6, 6.07) is 16.7. The number of carbonyl (C=O) groups excluding carboxylic acids is 2. The monoisotopic (exact) mass is 361 g/mol. The Hall–Kier alpha value is -3.41. The van der Waals surface area contributed by atoms with Crippen LogP contribution in [0.3, 0.4) is 0 Å². The fourth-order valence-electron chi connectivity index (χ4n) is 3.09. The van der Waals surface area contributed by atoms with Gasteiger partial charge >= 0.3 is 5.97 Å². The Kier molecular flexibility index (Phi) is 4.70. The van der Waals surface area contributed by atoms with Gasteiger partial charge in [0, 0.05) is 30.4 Å². The van der Waals surface area contributed by atoms with Crippen molar-refractivity contribution in [3.8, 4) is 5.69 Å². The van der Waals surface area contributed by atoms with Crippen molar-refractivity contribution < 1.29 is 14.3 Å². The molecule has 0 aliphatic carbocycles. The number of para-hydroxylation sites is 1. The molecule has 136 valence electrons. The number of anilines is 1. The first-order valence-electron chi connectivity index (χ1n) is 8.87. The number of nitrogens with zero attached hydrogens (tertiary/aromatic N) is 3. The number of rotatable bonds is 5. The standard InChI is InChI=1S/C21H19N3O3/c25-20-7-4-12-23(20)18-10-8-17(9-11-18)21(26)27-15-16-13-22-24(14-16)19-5-2-1-3-6-19/h1-3,5-6,8-11,13-14H,4,7,12,15H2. The van der Waals surface area contributed by atoms with Gasteiger partial charge in [0.15, 0.2) is 0 Å². The molecule has 1 fully saturated rings. The summed E-state index contributed by atoms with van der Waals surface area (Å²) < 4.78 is 7.12. The molecule has 0 unspecified atom stereocenters. The molecule has 0 atom stereocenters. The van der Waals surface area contributed by atoms with Crippen LogP contribution in [0, 0.1) is 0 Å². The number of esters is 1. The molecule has 1 saturated heterocycles. The number of amides is 1. The summed E-state index contributed by atoms with van der Waals surface area (Å²) in [6.07, 6.45) is 4.98. The summed E-state index contributed by atoms with van der Waals surface area (Å²) in [6.45, 7) is 0.881. The number of hydrogen-bond acceptors (Lipinski definition) is 4. The van der Waals surface area contributed by atoms with E-state index in [2.05, 4.69) is 5.10 Å². The van der Waals surface area contributed by atoms with E-state index in [9.17, 15) is 9.59 Å². The molecule has 27 heavy (non-hydrogen) atoms. The van der Waals surface area contributed by atoms with Gasteiger partial charge in [-0.1, -0.05) is 18.2 Å². The summed E-state index contributed by atoms with van der Waals surface area (Å²) in [5.41, 5.74) is 3.03. The minimum absolute atomic E-state index is 0.126. The van der Waals surface area contributed by atoms with Crippen LogP contribution in [0.5, 0.6) is 0 Å². The van der Waals surface area contributed by atoms with Crippen LogP contribution in [0.1, 0.15) is 28.8 Å². The maximum atomic E-state index is 12.3. The lowest BCUT2D eigenvalue weighted by molar-refractivity contribution is -0.117. The lowest BCUT2D eigenvalue weighted by Gasteiger charge is -2.15. The molecule has 1 aromatic heterocycles. The molecular weight excluding hydrogens is 342 g/mol. The van der Waals surface area contributed by atoms with E-state index >= 15 is 0 Å². The van der Waals surface area contributed by atoms with Crippen molar-refractivity contribution in [1.82, 2.24) is 9.78 Å². The number of hydrogen-bond donors (Lipinski definition) is 0. The van der Waals surface area contributed by atoms with Crippen molar-refractivity contribution in [3.63, 3.8) is 0 Å². The third-order valence-electron chi connectivity index (χ3n) is 4.51. The van der Waals surface area contributed by atoms with Gasteiger partial charge in [0.25, 0.3) is 0 Å². The van der Waals surface area contributed by atoms with E-state index in [1.54, 1.807) is 40.0 Å². The van der Waals surface area contributed by atoms with Crippen molar-refractivity contribution in [2.45, 2.75) is 19.4 Å². The molecule has 0 spiro atoms. The van der Waals surface area contributed by atoms with Gasteiger partial charge in [0.2, 0.25) is 5.91 Å². The highest BCUT2D eigenvalue weighted by atomic mass is 16.5. The fraction of sp³-hybridized carbons (Fsp3) is 0.190. The zero-order valence-corrected chi connectivity index (χ0v) is 14.7. The van der Waals surface area contributed by atoms with Crippen LogP contribution < -0.4 is 4.90 Å². The van der Waals surface area contributed by atoms with Crippen LogP contribution >= 0.6 is 0 Å². The van der Waals surface area contributed by atoms with E-state index in [1.165, 1.54) is 0 Å². The van der Waals surface area contributed by atoms with Crippen LogP contribution in [0.4, 0.5) is 5.69 Å². The molecule has 1 aliphatic heterocycles. The largest absolute Gasteiger partial charge is 0.457 e. The Morgan fingerprint density at radius 1 is 1.04 bits per heavy atom. The van der Waals surface area contributed by atoms with E-state index in [0.717, 1.165) is 29.9 Å². The van der Waals surface area contributed by atoms with Crippen molar-refractivity contribution in [2.75, 3.05) is 11.4 Å². The topological polar surface area (TPSA) is 64.4 Å².